The minimum atomic E-state index is -0.186. The van der Waals surface area contributed by atoms with Crippen molar-refractivity contribution in [2.24, 2.45) is 5.92 Å². The van der Waals surface area contributed by atoms with Crippen LogP contribution in [0.15, 0.2) is 0 Å². The van der Waals surface area contributed by atoms with Crippen LogP contribution in [0.4, 0.5) is 0 Å². The first-order valence-electron chi connectivity index (χ1n) is 4.49. The van der Waals surface area contributed by atoms with Crippen LogP contribution in [0, 0.1) is 5.92 Å². The number of rotatable bonds is 3. The average Bonchev–Trinajstić information content (AvgIpc) is 2.47. The van der Waals surface area contributed by atoms with Gasteiger partial charge in [0, 0.05) is 6.42 Å². The highest BCUT2D eigenvalue weighted by Gasteiger charge is 2.25. The smallest absolute Gasteiger partial charge is 0.305 e. The lowest BCUT2D eigenvalue weighted by atomic mass is 10.00. The van der Waals surface area contributed by atoms with Gasteiger partial charge >= 0.3 is 5.97 Å². The maximum atomic E-state index is 10.8. The summed E-state index contributed by atoms with van der Waals surface area (Å²) in [5, 5.41) is 9.42. The van der Waals surface area contributed by atoms with E-state index in [2.05, 4.69) is 4.74 Å². The van der Waals surface area contributed by atoms with Gasteiger partial charge in [-0.25, -0.2) is 0 Å². The van der Waals surface area contributed by atoms with Crippen LogP contribution in [-0.2, 0) is 9.53 Å². The first-order valence-corrected chi connectivity index (χ1v) is 4.49. The number of carbonyl (C=O) groups excluding carboxylic acids is 1. The van der Waals surface area contributed by atoms with Crippen LogP contribution in [0.1, 0.15) is 32.1 Å². The molecule has 1 N–H and O–H groups in total. The van der Waals surface area contributed by atoms with Crippen molar-refractivity contribution in [1.82, 2.24) is 0 Å². The van der Waals surface area contributed by atoms with E-state index < -0.39 is 0 Å². The van der Waals surface area contributed by atoms with Crippen molar-refractivity contribution < 1.29 is 14.6 Å². The molecule has 1 rings (SSSR count). The third-order valence-electron chi connectivity index (χ3n) is 2.57. The predicted octanol–water partition coefficient (Wildman–Crippen LogP) is 1.10. The summed E-state index contributed by atoms with van der Waals surface area (Å²) < 4.78 is 4.52. The fourth-order valence-corrected chi connectivity index (χ4v) is 1.76. The zero-order chi connectivity index (χ0) is 8.97. The van der Waals surface area contributed by atoms with E-state index >= 15 is 0 Å². The lowest BCUT2D eigenvalue weighted by Crippen LogP contribution is -2.14. The topological polar surface area (TPSA) is 46.5 Å². The molecule has 0 heterocycles. The van der Waals surface area contributed by atoms with Gasteiger partial charge in [0.05, 0.1) is 13.2 Å². The highest BCUT2D eigenvalue weighted by molar-refractivity contribution is 5.69. The van der Waals surface area contributed by atoms with Crippen molar-refractivity contribution >= 4 is 5.97 Å². The molecule has 0 bridgehead atoms. The molecule has 0 aromatic carbocycles. The Labute approximate surface area is 72.7 Å². The second-order valence-electron chi connectivity index (χ2n) is 3.37. The van der Waals surface area contributed by atoms with Crippen LogP contribution >= 0.6 is 0 Å². The molecule has 2 unspecified atom stereocenters. The van der Waals surface area contributed by atoms with Crippen molar-refractivity contribution in [3.63, 3.8) is 0 Å². The van der Waals surface area contributed by atoms with Crippen LogP contribution in [0.5, 0.6) is 0 Å². The van der Waals surface area contributed by atoms with Gasteiger partial charge in [-0.05, 0) is 25.2 Å². The number of methoxy groups -OCH3 is 1. The van der Waals surface area contributed by atoms with Gasteiger partial charge in [-0.15, -0.1) is 0 Å². The minimum Gasteiger partial charge on any atom is -0.469 e. The Morgan fingerprint density at radius 1 is 1.58 bits per heavy atom. The summed E-state index contributed by atoms with van der Waals surface area (Å²) in [6.45, 7) is 0. The Morgan fingerprint density at radius 3 is 2.83 bits per heavy atom. The van der Waals surface area contributed by atoms with E-state index in [4.69, 9.17) is 0 Å². The Morgan fingerprint density at radius 2 is 2.33 bits per heavy atom. The number of esters is 1. The molecule has 12 heavy (non-hydrogen) atoms. The highest BCUT2D eigenvalue weighted by atomic mass is 16.5. The standard InChI is InChI=1S/C9H16O3/c1-12-9(11)6-5-7-3-2-4-8(7)10/h7-8,10H,2-6H2,1H3. The number of aliphatic hydroxyl groups is 1. The van der Waals surface area contributed by atoms with Crippen LogP contribution < -0.4 is 0 Å². The quantitative estimate of drug-likeness (QED) is 0.648. The molecule has 1 saturated carbocycles. The molecular weight excluding hydrogens is 156 g/mol. The molecule has 0 saturated heterocycles. The highest BCUT2D eigenvalue weighted by Crippen LogP contribution is 2.29. The van der Waals surface area contributed by atoms with Crippen molar-refractivity contribution in [3.8, 4) is 0 Å². The first kappa shape index (κ1) is 9.52. The van der Waals surface area contributed by atoms with Crippen molar-refractivity contribution in [2.75, 3.05) is 7.11 Å². The maximum Gasteiger partial charge on any atom is 0.305 e. The molecule has 1 fully saturated rings. The molecule has 0 spiro atoms. The Bertz CT molecular complexity index is 156. The third-order valence-corrected chi connectivity index (χ3v) is 2.57. The molecule has 3 nitrogen and oxygen atoms in total. The second-order valence-corrected chi connectivity index (χ2v) is 3.37. The summed E-state index contributed by atoms with van der Waals surface area (Å²) in [7, 11) is 1.40. The number of hydrogen-bond acceptors (Lipinski definition) is 3. The van der Waals surface area contributed by atoms with Gasteiger partial charge in [0.25, 0.3) is 0 Å². The van der Waals surface area contributed by atoms with Crippen molar-refractivity contribution in [3.05, 3.63) is 0 Å². The SMILES string of the molecule is COC(=O)CCC1CCCC1O. The molecule has 2 atom stereocenters. The van der Waals surface area contributed by atoms with Crippen LogP contribution in [0.25, 0.3) is 0 Å². The van der Waals surface area contributed by atoms with E-state index in [1.165, 1.54) is 7.11 Å². The fourth-order valence-electron chi connectivity index (χ4n) is 1.76. The molecule has 1 aliphatic carbocycles. The normalized spacial score (nSPS) is 28.8. The van der Waals surface area contributed by atoms with E-state index in [-0.39, 0.29) is 12.1 Å². The van der Waals surface area contributed by atoms with Gasteiger partial charge in [-0.3, -0.25) is 4.79 Å². The van der Waals surface area contributed by atoms with Crippen LogP contribution in [-0.4, -0.2) is 24.3 Å². The van der Waals surface area contributed by atoms with E-state index in [0.717, 1.165) is 25.7 Å². The van der Waals surface area contributed by atoms with Crippen LogP contribution in [0.3, 0.4) is 0 Å². The molecule has 1 aliphatic rings. The molecule has 0 aliphatic heterocycles. The number of ether oxygens (including phenoxy) is 1. The fraction of sp³-hybridized carbons (Fsp3) is 0.889. The largest absolute Gasteiger partial charge is 0.469 e. The maximum absolute atomic E-state index is 10.8. The first-order chi connectivity index (χ1) is 5.74. The molecule has 0 radical (unpaired) electrons. The summed E-state index contributed by atoms with van der Waals surface area (Å²) in [5.74, 6) is 0.151. The molecule has 0 aromatic heterocycles. The summed E-state index contributed by atoms with van der Waals surface area (Å²) in [6.07, 6.45) is 4.07. The van der Waals surface area contributed by atoms with Crippen molar-refractivity contribution in [2.45, 2.75) is 38.2 Å². The minimum absolute atomic E-state index is 0.172. The van der Waals surface area contributed by atoms with Crippen molar-refractivity contribution in [1.29, 1.82) is 0 Å². The molecular formula is C9H16O3. The zero-order valence-electron chi connectivity index (χ0n) is 7.45. The summed E-state index contributed by atoms with van der Waals surface area (Å²) in [6, 6.07) is 0. The lowest BCUT2D eigenvalue weighted by Gasteiger charge is -2.12. The van der Waals surface area contributed by atoms with Gasteiger partial charge in [0.15, 0.2) is 0 Å². The number of carbonyl (C=O) groups is 1. The molecule has 70 valence electrons. The third kappa shape index (κ3) is 2.48. The van der Waals surface area contributed by atoms with Gasteiger partial charge in [0.1, 0.15) is 0 Å². The summed E-state index contributed by atoms with van der Waals surface area (Å²) in [5.41, 5.74) is 0. The predicted molar refractivity (Wildman–Crippen MR) is 44.6 cm³/mol. The Balaban J connectivity index is 2.18. The van der Waals surface area contributed by atoms with Crippen LogP contribution in [0.2, 0.25) is 0 Å². The number of hydrogen-bond donors (Lipinski definition) is 1. The Kier molecular flexibility index (Phi) is 3.53. The van der Waals surface area contributed by atoms with E-state index in [1.54, 1.807) is 0 Å². The van der Waals surface area contributed by atoms with Gasteiger partial charge in [0.2, 0.25) is 0 Å². The molecule has 0 aromatic rings. The zero-order valence-corrected chi connectivity index (χ0v) is 7.45. The van der Waals surface area contributed by atoms with E-state index in [9.17, 15) is 9.90 Å². The van der Waals surface area contributed by atoms with Gasteiger partial charge < -0.3 is 9.84 Å². The van der Waals surface area contributed by atoms with E-state index in [0.29, 0.717) is 12.3 Å². The lowest BCUT2D eigenvalue weighted by molar-refractivity contribution is -0.141. The summed E-state index contributed by atoms with van der Waals surface area (Å²) in [4.78, 5) is 10.8. The monoisotopic (exact) mass is 172 g/mol. The number of aliphatic hydroxyl groups excluding tert-OH is 1. The van der Waals surface area contributed by atoms with E-state index in [1.807, 2.05) is 0 Å². The van der Waals surface area contributed by atoms with Gasteiger partial charge in [-0.2, -0.15) is 0 Å². The Hall–Kier alpha value is -0.570. The molecule has 0 amide bonds. The second kappa shape index (κ2) is 4.45. The van der Waals surface area contributed by atoms with Gasteiger partial charge in [-0.1, -0.05) is 6.42 Å². The molecule has 3 heteroatoms. The average molecular weight is 172 g/mol. The summed E-state index contributed by atoms with van der Waals surface area (Å²) >= 11 is 0.